The number of anilines is 1. The summed E-state index contributed by atoms with van der Waals surface area (Å²) in [5, 5.41) is 4.26. The van der Waals surface area contributed by atoms with Crippen molar-refractivity contribution >= 4 is 22.6 Å². The average molecular weight is 428 g/mol. The van der Waals surface area contributed by atoms with Crippen molar-refractivity contribution in [1.29, 1.82) is 0 Å². The number of ether oxygens (including phenoxy) is 2. The van der Waals surface area contributed by atoms with E-state index in [9.17, 15) is 4.79 Å². The van der Waals surface area contributed by atoms with Gasteiger partial charge in [0, 0.05) is 28.8 Å². The van der Waals surface area contributed by atoms with Crippen molar-refractivity contribution in [3.8, 4) is 11.5 Å². The number of nitrogens with one attached hydrogen (secondary N) is 2. The molecule has 1 atom stereocenters. The first kappa shape index (κ1) is 20.0. The SMILES string of the molecule is COc1ccc(NC(=O)N2CCc3c([nH]c4ccccc34)C2c2ccc(OC)cc2)cc1. The molecule has 162 valence electrons. The normalized spacial score (nSPS) is 15.3. The smallest absolute Gasteiger partial charge is 0.322 e. The fourth-order valence-corrected chi connectivity index (χ4v) is 4.46. The number of amides is 2. The zero-order valence-corrected chi connectivity index (χ0v) is 18.1. The van der Waals surface area contributed by atoms with Crippen LogP contribution in [0.4, 0.5) is 10.5 Å². The van der Waals surface area contributed by atoms with Gasteiger partial charge in [0.1, 0.15) is 11.5 Å². The Kier molecular flexibility index (Phi) is 5.19. The third-order valence-corrected chi connectivity index (χ3v) is 6.07. The van der Waals surface area contributed by atoms with Crippen LogP contribution in [0, 0.1) is 0 Å². The number of urea groups is 1. The molecule has 4 aromatic rings. The molecule has 0 fully saturated rings. The third-order valence-electron chi connectivity index (χ3n) is 6.07. The van der Waals surface area contributed by atoms with Gasteiger partial charge >= 0.3 is 6.03 Å². The van der Waals surface area contributed by atoms with Crippen LogP contribution in [0.2, 0.25) is 0 Å². The fourth-order valence-electron chi connectivity index (χ4n) is 4.46. The zero-order valence-electron chi connectivity index (χ0n) is 18.1. The van der Waals surface area contributed by atoms with Crippen molar-refractivity contribution in [3.63, 3.8) is 0 Å². The van der Waals surface area contributed by atoms with Crippen molar-refractivity contribution in [2.24, 2.45) is 0 Å². The molecule has 2 N–H and O–H groups in total. The monoisotopic (exact) mass is 427 g/mol. The Balaban J connectivity index is 1.53. The first-order chi connectivity index (χ1) is 15.7. The maximum atomic E-state index is 13.4. The lowest BCUT2D eigenvalue weighted by atomic mass is 9.92. The highest BCUT2D eigenvalue weighted by atomic mass is 16.5. The maximum absolute atomic E-state index is 13.4. The maximum Gasteiger partial charge on any atom is 0.322 e. The third kappa shape index (κ3) is 3.54. The first-order valence-corrected chi connectivity index (χ1v) is 10.6. The number of H-pyrrole nitrogens is 1. The van der Waals surface area contributed by atoms with Crippen molar-refractivity contribution in [3.05, 3.63) is 89.6 Å². The highest BCUT2D eigenvalue weighted by molar-refractivity contribution is 5.91. The number of methoxy groups -OCH3 is 2. The quantitative estimate of drug-likeness (QED) is 0.460. The van der Waals surface area contributed by atoms with Crippen molar-refractivity contribution in [2.75, 3.05) is 26.1 Å². The van der Waals surface area contributed by atoms with E-state index in [-0.39, 0.29) is 12.1 Å². The number of benzene rings is 3. The summed E-state index contributed by atoms with van der Waals surface area (Å²) in [5.74, 6) is 1.54. The van der Waals surface area contributed by atoms with Crippen LogP contribution in [0.15, 0.2) is 72.8 Å². The molecule has 6 heteroatoms. The van der Waals surface area contributed by atoms with Gasteiger partial charge in [-0.05, 0) is 60.0 Å². The largest absolute Gasteiger partial charge is 0.497 e. The van der Waals surface area contributed by atoms with Gasteiger partial charge in [-0.1, -0.05) is 30.3 Å². The number of fused-ring (bicyclic) bond motifs is 3. The Labute approximate surface area is 186 Å². The Morgan fingerprint density at radius 3 is 2.28 bits per heavy atom. The van der Waals surface area contributed by atoms with E-state index in [1.165, 1.54) is 10.9 Å². The zero-order chi connectivity index (χ0) is 22.1. The van der Waals surface area contributed by atoms with Gasteiger partial charge in [-0.25, -0.2) is 4.79 Å². The van der Waals surface area contributed by atoms with E-state index in [0.717, 1.165) is 40.4 Å². The number of para-hydroxylation sites is 1. The number of carbonyl (C=O) groups is 1. The lowest BCUT2D eigenvalue weighted by Crippen LogP contribution is -2.43. The Morgan fingerprint density at radius 1 is 0.938 bits per heavy atom. The number of nitrogens with zero attached hydrogens (tertiary/aromatic N) is 1. The Morgan fingerprint density at radius 2 is 1.59 bits per heavy atom. The van der Waals surface area contributed by atoms with Gasteiger partial charge in [0.25, 0.3) is 0 Å². The molecule has 2 amide bonds. The van der Waals surface area contributed by atoms with Crippen molar-refractivity contribution < 1.29 is 14.3 Å². The van der Waals surface area contributed by atoms with Crippen LogP contribution in [-0.4, -0.2) is 36.7 Å². The van der Waals surface area contributed by atoms with E-state index < -0.39 is 0 Å². The van der Waals surface area contributed by atoms with E-state index in [4.69, 9.17) is 9.47 Å². The van der Waals surface area contributed by atoms with Crippen LogP contribution in [0.3, 0.4) is 0 Å². The summed E-state index contributed by atoms with van der Waals surface area (Å²) in [6.07, 6.45) is 0.794. The lowest BCUT2D eigenvalue weighted by molar-refractivity contribution is 0.193. The van der Waals surface area contributed by atoms with Gasteiger partial charge in [-0.2, -0.15) is 0 Å². The van der Waals surface area contributed by atoms with Crippen molar-refractivity contribution in [1.82, 2.24) is 9.88 Å². The molecule has 1 aliphatic rings. The summed E-state index contributed by atoms with van der Waals surface area (Å²) < 4.78 is 10.5. The summed E-state index contributed by atoms with van der Waals surface area (Å²) in [6.45, 7) is 0.619. The molecule has 1 aliphatic heterocycles. The minimum atomic E-state index is -0.227. The van der Waals surface area contributed by atoms with Gasteiger partial charge in [-0.15, -0.1) is 0 Å². The van der Waals surface area contributed by atoms with Gasteiger partial charge in [0.05, 0.1) is 20.3 Å². The molecule has 5 rings (SSSR count). The van der Waals surface area contributed by atoms with E-state index in [2.05, 4.69) is 28.5 Å². The topological polar surface area (TPSA) is 66.6 Å². The molecule has 0 saturated carbocycles. The summed E-state index contributed by atoms with van der Waals surface area (Å²) >= 11 is 0. The number of hydrogen-bond donors (Lipinski definition) is 2. The van der Waals surface area contributed by atoms with Gasteiger partial charge in [0.15, 0.2) is 0 Å². The minimum Gasteiger partial charge on any atom is -0.497 e. The summed E-state index contributed by atoms with van der Waals surface area (Å²) in [6, 6.07) is 23.2. The Bertz CT molecular complexity index is 1250. The fraction of sp³-hybridized carbons (Fsp3) is 0.192. The van der Waals surface area contributed by atoms with E-state index in [1.54, 1.807) is 14.2 Å². The van der Waals surface area contributed by atoms with Gasteiger partial charge in [-0.3, -0.25) is 0 Å². The molecular formula is C26H25N3O3. The highest BCUT2D eigenvalue weighted by Gasteiger charge is 2.34. The van der Waals surface area contributed by atoms with E-state index in [0.29, 0.717) is 6.54 Å². The molecular weight excluding hydrogens is 402 g/mol. The first-order valence-electron chi connectivity index (χ1n) is 10.6. The minimum absolute atomic E-state index is 0.139. The van der Waals surface area contributed by atoms with Crippen LogP contribution in [-0.2, 0) is 6.42 Å². The van der Waals surface area contributed by atoms with Crippen LogP contribution < -0.4 is 14.8 Å². The molecule has 6 nitrogen and oxygen atoms in total. The van der Waals surface area contributed by atoms with Crippen LogP contribution in [0.1, 0.15) is 22.9 Å². The molecule has 1 aromatic heterocycles. The van der Waals surface area contributed by atoms with Gasteiger partial charge in [0.2, 0.25) is 0 Å². The summed E-state index contributed by atoms with van der Waals surface area (Å²) in [5.41, 5.74) is 5.19. The number of carbonyl (C=O) groups excluding carboxylic acids is 1. The molecule has 1 unspecified atom stereocenters. The molecule has 0 radical (unpaired) electrons. The second-order valence-electron chi connectivity index (χ2n) is 7.84. The molecule has 32 heavy (non-hydrogen) atoms. The summed E-state index contributed by atoms with van der Waals surface area (Å²) in [7, 11) is 3.28. The van der Waals surface area contributed by atoms with E-state index in [1.807, 2.05) is 59.5 Å². The second-order valence-corrected chi connectivity index (χ2v) is 7.84. The highest BCUT2D eigenvalue weighted by Crippen LogP contribution is 2.39. The van der Waals surface area contributed by atoms with Crippen LogP contribution in [0.5, 0.6) is 11.5 Å². The van der Waals surface area contributed by atoms with E-state index >= 15 is 0 Å². The number of aromatic nitrogens is 1. The molecule has 2 heterocycles. The lowest BCUT2D eigenvalue weighted by Gasteiger charge is -2.36. The van der Waals surface area contributed by atoms with Crippen LogP contribution in [0.25, 0.3) is 10.9 Å². The average Bonchev–Trinajstić information content (AvgIpc) is 3.23. The summed E-state index contributed by atoms with van der Waals surface area (Å²) in [4.78, 5) is 18.9. The number of rotatable bonds is 4. The Hall–Kier alpha value is -3.93. The predicted octanol–water partition coefficient (Wildman–Crippen LogP) is 5.36. The number of aromatic amines is 1. The molecule has 0 spiro atoms. The predicted molar refractivity (Wildman–Crippen MR) is 126 cm³/mol. The number of hydrogen-bond acceptors (Lipinski definition) is 3. The molecule has 0 bridgehead atoms. The molecule has 0 aliphatic carbocycles. The molecule has 3 aromatic carbocycles. The van der Waals surface area contributed by atoms with Crippen molar-refractivity contribution in [2.45, 2.75) is 12.5 Å². The van der Waals surface area contributed by atoms with Gasteiger partial charge < -0.3 is 24.7 Å². The second kappa shape index (κ2) is 8.30. The standard InChI is InChI=1S/C26H25N3O3/c1-31-19-11-7-17(8-12-19)25-24-22(21-5-3-4-6-23(21)28-24)15-16-29(25)26(30)27-18-9-13-20(32-2)14-10-18/h3-14,25,28H,15-16H2,1-2H3,(H,27,30). The molecule has 0 saturated heterocycles. The van der Waals surface area contributed by atoms with Crippen LogP contribution >= 0.6 is 0 Å².